The highest BCUT2D eigenvalue weighted by atomic mass is 16.5. The van der Waals surface area contributed by atoms with E-state index in [0.29, 0.717) is 6.54 Å². The molecular formula is C18H23NO4. The molecule has 0 amide bonds. The number of ether oxygens (including phenoxy) is 4. The van der Waals surface area contributed by atoms with Gasteiger partial charge in [0.2, 0.25) is 0 Å². The summed E-state index contributed by atoms with van der Waals surface area (Å²) in [6.45, 7) is 1.43. The standard InChI is InChI=1S/C18H23NO4/c1-20-15-7-14(8-16(10-15)21-2)12-19-11-13-5-6-17(22-3)18(9-13)23-4/h5-10,19H,11-12H2,1-4H3. The highest BCUT2D eigenvalue weighted by Crippen LogP contribution is 2.27. The van der Waals surface area contributed by atoms with Gasteiger partial charge in [0, 0.05) is 19.2 Å². The number of rotatable bonds is 8. The molecule has 0 unspecified atom stereocenters. The van der Waals surface area contributed by atoms with Crippen LogP contribution < -0.4 is 24.3 Å². The zero-order valence-electron chi connectivity index (χ0n) is 14.0. The monoisotopic (exact) mass is 317 g/mol. The van der Waals surface area contributed by atoms with Gasteiger partial charge in [0.1, 0.15) is 11.5 Å². The van der Waals surface area contributed by atoms with E-state index in [2.05, 4.69) is 5.32 Å². The van der Waals surface area contributed by atoms with Crippen LogP contribution >= 0.6 is 0 Å². The maximum Gasteiger partial charge on any atom is 0.161 e. The Balaban J connectivity index is 1.99. The van der Waals surface area contributed by atoms with Crippen LogP contribution in [0.1, 0.15) is 11.1 Å². The van der Waals surface area contributed by atoms with Crippen LogP contribution in [0.25, 0.3) is 0 Å². The first-order valence-electron chi connectivity index (χ1n) is 7.33. The zero-order chi connectivity index (χ0) is 16.7. The lowest BCUT2D eigenvalue weighted by molar-refractivity contribution is 0.354. The molecular weight excluding hydrogens is 294 g/mol. The summed E-state index contributed by atoms with van der Waals surface area (Å²) in [6, 6.07) is 11.7. The Hall–Kier alpha value is -2.40. The summed E-state index contributed by atoms with van der Waals surface area (Å²) in [5, 5.41) is 3.40. The molecule has 2 aromatic rings. The predicted molar refractivity (Wildman–Crippen MR) is 89.6 cm³/mol. The Bertz CT molecular complexity index is 621. The summed E-state index contributed by atoms with van der Waals surface area (Å²) in [5.74, 6) is 3.03. The van der Waals surface area contributed by atoms with Gasteiger partial charge in [-0.1, -0.05) is 6.07 Å². The Morgan fingerprint density at radius 2 is 1.26 bits per heavy atom. The Morgan fingerprint density at radius 3 is 1.83 bits per heavy atom. The van der Waals surface area contributed by atoms with Gasteiger partial charge in [-0.25, -0.2) is 0 Å². The molecule has 0 fully saturated rings. The molecule has 2 aromatic carbocycles. The fourth-order valence-electron chi connectivity index (χ4n) is 2.31. The van der Waals surface area contributed by atoms with Crippen LogP contribution in [0.2, 0.25) is 0 Å². The van der Waals surface area contributed by atoms with Crippen molar-refractivity contribution in [2.45, 2.75) is 13.1 Å². The second-order valence-electron chi connectivity index (χ2n) is 5.01. The van der Waals surface area contributed by atoms with Crippen molar-refractivity contribution in [1.82, 2.24) is 5.32 Å². The largest absolute Gasteiger partial charge is 0.497 e. The van der Waals surface area contributed by atoms with Crippen molar-refractivity contribution < 1.29 is 18.9 Å². The lowest BCUT2D eigenvalue weighted by Gasteiger charge is -2.11. The molecule has 23 heavy (non-hydrogen) atoms. The van der Waals surface area contributed by atoms with Crippen LogP contribution in [0, 0.1) is 0 Å². The summed E-state index contributed by atoms with van der Waals surface area (Å²) in [4.78, 5) is 0. The van der Waals surface area contributed by atoms with Crippen molar-refractivity contribution >= 4 is 0 Å². The van der Waals surface area contributed by atoms with Crippen molar-refractivity contribution in [2.24, 2.45) is 0 Å². The third-order valence-corrected chi connectivity index (χ3v) is 3.52. The Morgan fingerprint density at radius 1 is 0.652 bits per heavy atom. The van der Waals surface area contributed by atoms with Crippen LogP contribution in [-0.2, 0) is 13.1 Å². The van der Waals surface area contributed by atoms with Gasteiger partial charge < -0.3 is 24.3 Å². The van der Waals surface area contributed by atoms with E-state index in [1.807, 2.05) is 36.4 Å². The van der Waals surface area contributed by atoms with Gasteiger partial charge in [-0.15, -0.1) is 0 Å². The first kappa shape index (κ1) is 17.0. The minimum Gasteiger partial charge on any atom is -0.497 e. The molecule has 0 aliphatic heterocycles. The normalized spacial score (nSPS) is 10.3. The predicted octanol–water partition coefficient (Wildman–Crippen LogP) is 3.01. The number of benzene rings is 2. The van der Waals surface area contributed by atoms with Gasteiger partial charge in [-0.2, -0.15) is 0 Å². The number of nitrogens with one attached hydrogen (secondary N) is 1. The van der Waals surface area contributed by atoms with Gasteiger partial charge in [0.25, 0.3) is 0 Å². The molecule has 2 rings (SSSR count). The van der Waals surface area contributed by atoms with Crippen molar-refractivity contribution in [3.05, 3.63) is 47.5 Å². The molecule has 0 saturated heterocycles. The quantitative estimate of drug-likeness (QED) is 0.811. The molecule has 0 atom stereocenters. The number of methoxy groups -OCH3 is 4. The van der Waals surface area contributed by atoms with Crippen LogP contribution in [0.15, 0.2) is 36.4 Å². The topological polar surface area (TPSA) is 49.0 Å². The third kappa shape index (κ3) is 4.53. The van der Waals surface area contributed by atoms with Crippen molar-refractivity contribution in [3.63, 3.8) is 0 Å². The average Bonchev–Trinajstić information content (AvgIpc) is 2.61. The van der Waals surface area contributed by atoms with E-state index in [1.54, 1.807) is 28.4 Å². The van der Waals surface area contributed by atoms with E-state index in [4.69, 9.17) is 18.9 Å². The van der Waals surface area contributed by atoms with Crippen molar-refractivity contribution in [3.8, 4) is 23.0 Å². The lowest BCUT2D eigenvalue weighted by Crippen LogP contribution is -2.13. The van der Waals surface area contributed by atoms with E-state index in [9.17, 15) is 0 Å². The summed E-state index contributed by atoms with van der Waals surface area (Å²) < 4.78 is 21.1. The summed E-state index contributed by atoms with van der Waals surface area (Å²) >= 11 is 0. The van der Waals surface area contributed by atoms with Gasteiger partial charge >= 0.3 is 0 Å². The minimum absolute atomic E-state index is 0.710. The summed E-state index contributed by atoms with van der Waals surface area (Å²) in [7, 11) is 6.56. The second kappa shape index (κ2) is 8.29. The Labute approximate surface area is 137 Å². The smallest absolute Gasteiger partial charge is 0.161 e. The number of hydrogen-bond donors (Lipinski definition) is 1. The van der Waals surface area contributed by atoms with Crippen molar-refractivity contribution in [2.75, 3.05) is 28.4 Å². The number of hydrogen-bond acceptors (Lipinski definition) is 5. The van der Waals surface area contributed by atoms with E-state index >= 15 is 0 Å². The van der Waals surface area contributed by atoms with E-state index < -0.39 is 0 Å². The van der Waals surface area contributed by atoms with Crippen LogP contribution in [0.4, 0.5) is 0 Å². The highest BCUT2D eigenvalue weighted by Gasteiger charge is 2.05. The first-order valence-corrected chi connectivity index (χ1v) is 7.33. The third-order valence-electron chi connectivity index (χ3n) is 3.52. The molecule has 124 valence electrons. The van der Waals surface area contributed by atoms with Gasteiger partial charge in [-0.05, 0) is 35.4 Å². The molecule has 0 saturated carbocycles. The van der Waals surface area contributed by atoms with Gasteiger partial charge in [-0.3, -0.25) is 0 Å². The van der Waals surface area contributed by atoms with Crippen LogP contribution in [-0.4, -0.2) is 28.4 Å². The molecule has 0 aromatic heterocycles. The van der Waals surface area contributed by atoms with E-state index in [0.717, 1.165) is 40.7 Å². The molecule has 5 nitrogen and oxygen atoms in total. The summed E-state index contributed by atoms with van der Waals surface area (Å²) in [6.07, 6.45) is 0. The molecule has 1 N–H and O–H groups in total. The molecule has 5 heteroatoms. The van der Waals surface area contributed by atoms with E-state index in [-0.39, 0.29) is 0 Å². The maximum absolute atomic E-state index is 5.32. The average molecular weight is 317 g/mol. The lowest BCUT2D eigenvalue weighted by atomic mass is 10.1. The Kier molecular flexibility index (Phi) is 6.11. The fourth-order valence-corrected chi connectivity index (χ4v) is 2.31. The van der Waals surface area contributed by atoms with Crippen molar-refractivity contribution in [1.29, 1.82) is 0 Å². The zero-order valence-corrected chi connectivity index (χ0v) is 14.0. The molecule has 0 aliphatic carbocycles. The van der Waals surface area contributed by atoms with Crippen LogP contribution in [0.5, 0.6) is 23.0 Å². The molecule has 0 bridgehead atoms. The highest BCUT2D eigenvalue weighted by molar-refractivity contribution is 5.43. The second-order valence-corrected chi connectivity index (χ2v) is 5.01. The fraction of sp³-hybridized carbons (Fsp3) is 0.333. The maximum atomic E-state index is 5.32. The van der Waals surface area contributed by atoms with Gasteiger partial charge in [0.15, 0.2) is 11.5 Å². The summed E-state index contributed by atoms with van der Waals surface area (Å²) in [5.41, 5.74) is 2.22. The van der Waals surface area contributed by atoms with E-state index in [1.165, 1.54) is 0 Å². The molecule has 0 heterocycles. The first-order chi connectivity index (χ1) is 11.2. The molecule has 0 spiro atoms. The SMILES string of the molecule is COc1cc(CNCc2ccc(OC)c(OC)c2)cc(OC)c1. The molecule has 0 radical (unpaired) electrons. The molecule has 0 aliphatic rings. The van der Waals surface area contributed by atoms with Gasteiger partial charge in [0.05, 0.1) is 28.4 Å². The minimum atomic E-state index is 0.710. The van der Waals surface area contributed by atoms with Crippen LogP contribution in [0.3, 0.4) is 0 Å².